The monoisotopic (exact) mass is 258 g/mol. The Balaban J connectivity index is 2.19. The van der Waals surface area contributed by atoms with E-state index in [1.165, 1.54) is 0 Å². The first kappa shape index (κ1) is 13.7. The van der Waals surface area contributed by atoms with Crippen LogP contribution >= 0.6 is 0 Å². The molecule has 0 unspecified atom stereocenters. The summed E-state index contributed by atoms with van der Waals surface area (Å²) in [5.41, 5.74) is 2.73. The molecule has 0 fully saturated rings. The molecule has 102 valence electrons. The summed E-state index contributed by atoms with van der Waals surface area (Å²) in [7, 11) is 0. The van der Waals surface area contributed by atoms with Crippen LogP contribution in [0.2, 0.25) is 0 Å². The highest BCUT2D eigenvalue weighted by Crippen LogP contribution is 2.21. The van der Waals surface area contributed by atoms with Gasteiger partial charge in [0.2, 0.25) is 0 Å². The highest BCUT2D eigenvalue weighted by Gasteiger charge is 2.16. The van der Waals surface area contributed by atoms with E-state index in [0.29, 0.717) is 5.92 Å². The Kier molecular flexibility index (Phi) is 4.25. The summed E-state index contributed by atoms with van der Waals surface area (Å²) in [6.45, 7) is 7.03. The van der Waals surface area contributed by atoms with Crippen LogP contribution in [0, 0.1) is 12.8 Å². The predicted octanol–water partition coefficient (Wildman–Crippen LogP) is 3.64. The minimum absolute atomic E-state index is 0.0295. The molecule has 1 aromatic heterocycles. The Morgan fingerprint density at radius 1 is 1.26 bits per heavy atom. The lowest BCUT2D eigenvalue weighted by atomic mass is 10.0. The van der Waals surface area contributed by atoms with Gasteiger partial charge >= 0.3 is 0 Å². The van der Waals surface area contributed by atoms with Crippen LogP contribution in [0.3, 0.4) is 0 Å². The third-order valence-electron chi connectivity index (χ3n) is 3.83. The standard InChI is InChI=1S/C16H22N2O/c1-4-12(5-2)10-17-16(19)15-11(3)18-14-9-7-6-8-13(14)15/h6-9,12,18H,4-5,10H2,1-3H3,(H,17,19). The summed E-state index contributed by atoms with van der Waals surface area (Å²) >= 11 is 0. The minimum atomic E-state index is 0.0295. The third kappa shape index (κ3) is 2.80. The molecule has 0 radical (unpaired) electrons. The van der Waals surface area contributed by atoms with Gasteiger partial charge in [0.05, 0.1) is 5.56 Å². The molecule has 1 aromatic carbocycles. The number of carbonyl (C=O) groups excluding carboxylic acids is 1. The molecule has 0 bridgehead atoms. The van der Waals surface area contributed by atoms with E-state index < -0.39 is 0 Å². The number of fused-ring (bicyclic) bond motifs is 1. The second kappa shape index (κ2) is 5.91. The summed E-state index contributed by atoms with van der Waals surface area (Å²) in [5.74, 6) is 0.594. The number of amides is 1. The van der Waals surface area contributed by atoms with E-state index in [4.69, 9.17) is 0 Å². The molecule has 0 aliphatic heterocycles. The zero-order valence-electron chi connectivity index (χ0n) is 11.9. The molecule has 2 aromatic rings. The van der Waals surface area contributed by atoms with E-state index in [0.717, 1.165) is 41.5 Å². The van der Waals surface area contributed by atoms with Crippen LogP contribution in [-0.4, -0.2) is 17.4 Å². The highest BCUT2D eigenvalue weighted by molar-refractivity contribution is 6.08. The maximum absolute atomic E-state index is 12.3. The first-order valence-electron chi connectivity index (χ1n) is 7.02. The fraction of sp³-hybridized carbons (Fsp3) is 0.438. The van der Waals surface area contributed by atoms with Gasteiger partial charge in [0, 0.05) is 23.1 Å². The number of benzene rings is 1. The van der Waals surface area contributed by atoms with Crippen LogP contribution in [-0.2, 0) is 0 Å². The van der Waals surface area contributed by atoms with Gasteiger partial charge in [-0.3, -0.25) is 4.79 Å². The zero-order valence-corrected chi connectivity index (χ0v) is 11.9. The number of carbonyl (C=O) groups is 1. The van der Waals surface area contributed by atoms with Crippen molar-refractivity contribution >= 4 is 16.8 Å². The third-order valence-corrected chi connectivity index (χ3v) is 3.83. The Bertz CT molecular complexity index is 567. The van der Waals surface area contributed by atoms with Crippen molar-refractivity contribution in [2.75, 3.05) is 6.54 Å². The van der Waals surface area contributed by atoms with Crippen molar-refractivity contribution in [3.05, 3.63) is 35.5 Å². The number of hydrogen-bond acceptors (Lipinski definition) is 1. The van der Waals surface area contributed by atoms with Crippen LogP contribution in [0.15, 0.2) is 24.3 Å². The van der Waals surface area contributed by atoms with Crippen molar-refractivity contribution in [2.24, 2.45) is 5.92 Å². The normalized spacial score (nSPS) is 11.2. The molecule has 1 amide bonds. The van der Waals surface area contributed by atoms with Gasteiger partial charge in [0.15, 0.2) is 0 Å². The summed E-state index contributed by atoms with van der Waals surface area (Å²) in [4.78, 5) is 15.6. The maximum atomic E-state index is 12.3. The van der Waals surface area contributed by atoms with Crippen LogP contribution in [0.5, 0.6) is 0 Å². The summed E-state index contributed by atoms with van der Waals surface area (Å²) in [6.07, 6.45) is 2.20. The molecule has 0 saturated heterocycles. The van der Waals surface area contributed by atoms with Gasteiger partial charge in [-0.05, 0) is 18.9 Å². The topological polar surface area (TPSA) is 44.9 Å². The van der Waals surface area contributed by atoms with Crippen LogP contribution in [0.4, 0.5) is 0 Å². The second-order valence-corrected chi connectivity index (χ2v) is 5.06. The number of nitrogens with one attached hydrogen (secondary N) is 2. The molecular formula is C16H22N2O. The fourth-order valence-corrected chi connectivity index (χ4v) is 2.47. The van der Waals surface area contributed by atoms with Crippen LogP contribution < -0.4 is 5.32 Å². The number of aryl methyl sites for hydroxylation is 1. The SMILES string of the molecule is CCC(CC)CNC(=O)c1c(C)[nH]c2ccccc12. The van der Waals surface area contributed by atoms with Crippen molar-refractivity contribution in [3.63, 3.8) is 0 Å². The first-order chi connectivity index (χ1) is 9.17. The summed E-state index contributed by atoms with van der Waals surface area (Å²) in [5, 5.41) is 4.06. The van der Waals surface area contributed by atoms with E-state index in [1.54, 1.807) is 0 Å². The summed E-state index contributed by atoms with van der Waals surface area (Å²) in [6, 6.07) is 7.93. The zero-order chi connectivity index (χ0) is 13.8. The fourth-order valence-electron chi connectivity index (χ4n) is 2.47. The van der Waals surface area contributed by atoms with E-state index in [9.17, 15) is 4.79 Å². The van der Waals surface area contributed by atoms with Crippen LogP contribution in [0.25, 0.3) is 10.9 Å². The van der Waals surface area contributed by atoms with E-state index in [1.807, 2.05) is 31.2 Å². The predicted molar refractivity (Wildman–Crippen MR) is 79.4 cm³/mol. The summed E-state index contributed by atoms with van der Waals surface area (Å²) < 4.78 is 0. The van der Waals surface area contributed by atoms with Gasteiger partial charge < -0.3 is 10.3 Å². The number of para-hydroxylation sites is 1. The lowest BCUT2D eigenvalue weighted by Crippen LogP contribution is -2.29. The molecule has 1 heterocycles. The molecule has 0 aliphatic rings. The van der Waals surface area contributed by atoms with Gasteiger partial charge in [0.25, 0.3) is 5.91 Å². The Morgan fingerprint density at radius 2 is 1.95 bits per heavy atom. The van der Waals surface area contributed by atoms with Crippen molar-refractivity contribution in [1.29, 1.82) is 0 Å². The molecule has 0 spiro atoms. The number of hydrogen-bond donors (Lipinski definition) is 2. The number of rotatable bonds is 5. The molecular weight excluding hydrogens is 236 g/mol. The lowest BCUT2D eigenvalue weighted by Gasteiger charge is -2.13. The molecule has 2 rings (SSSR count). The van der Waals surface area contributed by atoms with Crippen molar-refractivity contribution in [3.8, 4) is 0 Å². The lowest BCUT2D eigenvalue weighted by molar-refractivity contribution is 0.0947. The van der Waals surface area contributed by atoms with Gasteiger partial charge in [-0.1, -0.05) is 44.9 Å². The quantitative estimate of drug-likeness (QED) is 0.845. The van der Waals surface area contributed by atoms with Crippen molar-refractivity contribution < 1.29 is 4.79 Å². The number of H-pyrrole nitrogens is 1. The molecule has 0 atom stereocenters. The maximum Gasteiger partial charge on any atom is 0.253 e. The largest absolute Gasteiger partial charge is 0.358 e. The second-order valence-electron chi connectivity index (χ2n) is 5.06. The molecule has 2 N–H and O–H groups in total. The van der Waals surface area contributed by atoms with E-state index in [2.05, 4.69) is 24.1 Å². The molecule has 0 aliphatic carbocycles. The van der Waals surface area contributed by atoms with Crippen molar-refractivity contribution in [1.82, 2.24) is 10.3 Å². The van der Waals surface area contributed by atoms with E-state index >= 15 is 0 Å². The molecule has 0 saturated carbocycles. The van der Waals surface area contributed by atoms with E-state index in [-0.39, 0.29) is 5.91 Å². The van der Waals surface area contributed by atoms with Gasteiger partial charge in [-0.25, -0.2) is 0 Å². The minimum Gasteiger partial charge on any atom is -0.358 e. The van der Waals surface area contributed by atoms with Gasteiger partial charge in [0.1, 0.15) is 0 Å². The van der Waals surface area contributed by atoms with Gasteiger partial charge in [-0.2, -0.15) is 0 Å². The average molecular weight is 258 g/mol. The van der Waals surface area contributed by atoms with Crippen LogP contribution in [0.1, 0.15) is 42.7 Å². The highest BCUT2D eigenvalue weighted by atomic mass is 16.1. The Hall–Kier alpha value is -1.77. The molecule has 3 heteroatoms. The Morgan fingerprint density at radius 3 is 2.63 bits per heavy atom. The number of aromatic nitrogens is 1. The van der Waals surface area contributed by atoms with Crippen molar-refractivity contribution in [2.45, 2.75) is 33.6 Å². The smallest absolute Gasteiger partial charge is 0.253 e. The number of aromatic amines is 1. The average Bonchev–Trinajstić information content (AvgIpc) is 2.75. The molecule has 3 nitrogen and oxygen atoms in total. The van der Waals surface area contributed by atoms with Gasteiger partial charge in [-0.15, -0.1) is 0 Å². The molecule has 19 heavy (non-hydrogen) atoms. The first-order valence-corrected chi connectivity index (χ1v) is 7.02. The Labute approximate surface area is 114 Å².